The highest BCUT2D eigenvalue weighted by molar-refractivity contribution is 8.13. The number of rotatable bonds is 3. The van der Waals surface area contributed by atoms with Crippen molar-refractivity contribution in [2.24, 2.45) is 5.41 Å². The molecule has 3 nitrogen and oxygen atoms in total. The van der Waals surface area contributed by atoms with Crippen LogP contribution in [0.4, 0.5) is 0 Å². The minimum absolute atomic E-state index is 0.0783. The van der Waals surface area contributed by atoms with Gasteiger partial charge in [0.2, 0.25) is 6.49 Å². The van der Waals surface area contributed by atoms with Crippen molar-refractivity contribution in [3.05, 3.63) is 60.2 Å². The molecule has 5 heteroatoms. The van der Waals surface area contributed by atoms with Crippen LogP contribution in [-0.2, 0) is 20.9 Å². The van der Waals surface area contributed by atoms with E-state index < -0.39 is 6.49 Å². The van der Waals surface area contributed by atoms with E-state index in [2.05, 4.69) is 26.0 Å². The maximum absolute atomic E-state index is 6.40. The summed E-state index contributed by atoms with van der Waals surface area (Å²) >= 11 is 5.81. The van der Waals surface area contributed by atoms with Gasteiger partial charge in [0, 0.05) is 10.7 Å². The number of methoxy groups -OCH3 is 1. The van der Waals surface area contributed by atoms with Gasteiger partial charge in [0.15, 0.2) is 0 Å². The highest BCUT2D eigenvalue weighted by atomic mass is 32.5. The summed E-state index contributed by atoms with van der Waals surface area (Å²) in [5.41, 5.74) is 1.01. The average molecular weight is 348 g/mol. The first-order valence-electron chi connectivity index (χ1n) is 7.57. The molecular weight excluding hydrogens is 327 g/mol. The van der Waals surface area contributed by atoms with Crippen molar-refractivity contribution in [2.75, 3.05) is 13.7 Å². The molecular formula is C18H21O3PS. The summed E-state index contributed by atoms with van der Waals surface area (Å²) in [4.78, 5) is 0. The lowest BCUT2D eigenvalue weighted by Gasteiger charge is -2.43. The molecule has 2 aromatic carbocycles. The minimum Gasteiger partial charge on any atom is -0.497 e. The quantitative estimate of drug-likeness (QED) is 0.766. The van der Waals surface area contributed by atoms with Crippen LogP contribution < -0.4 is 10.0 Å². The first-order chi connectivity index (χ1) is 10.9. The molecule has 0 N–H and O–H groups in total. The van der Waals surface area contributed by atoms with Crippen molar-refractivity contribution < 1.29 is 13.8 Å². The zero-order chi connectivity index (χ0) is 16.5. The van der Waals surface area contributed by atoms with Crippen LogP contribution in [0.1, 0.15) is 25.5 Å². The first kappa shape index (κ1) is 16.7. The fraction of sp³-hybridized carbons (Fsp3) is 0.333. The number of hydrogen-bond acceptors (Lipinski definition) is 4. The summed E-state index contributed by atoms with van der Waals surface area (Å²) in [6.07, 6.45) is -0.0783. The predicted molar refractivity (Wildman–Crippen MR) is 96.9 cm³/mol. The highest BCUT2D eigenvalue weighted by Crippen LogP contribution is 2.60. The summed E-state index contributed by atoms with van der Waals surface area (Å²) in [6.45, 7) is 2.36. The van der Waals surface area contributed by atoms with Gasteiger partial charge < -0.3 is 13.8 Å². The molecule has 1 aliphatic rings. The standard InChI is InChI=1S/C18H21O3PS/c1-18(2)13-20-22(23,16-11-9-15(19-3)10-12-16)21-17(18)14-7-5-4-6-8-14/h4-12,17H,13H2,1-3H3. The van der Waals surface area contributed by atoms with Crippen molar-refractivity contribution in [3.63, 3.8) is 0 Å². The van der Waals surface area contributed by atoms with E-state index in [1.165, 1.54) is 0 Å². The topological polar surface area (TPSA) is 27.7 Å². The molecule has 2 unspecified atom stereocenters. The van der Waals surface area contributed by atoms with E-state index in [-0.39, 0.29) is 11.5 Å². The lowest BCUT2D eigenvalue weighted by atomic mass is 9.83. The molecule has 0 bridgehead atoms. The van der Waals surface area contributed by atoms with Crippen LogP contribution in [-0.4, -0.2) is 13.7 Å². The summed E-state index contributed by atoms with van der Waals surface area (Å²) in [5.74, 6) is 0.798. The monoisotopic (exact) mass is 348 g/mol. The molecule has 2 atom stereocenters. The molecule has 122 valence electrons. The molecule has 3 rings (SSSR count). The third kappa shape index (κ3) is 3.36. The Labute approximate surface area is 142 Å². The van der Waals surface area contributed by atoms with Gasteiger partial charge in [-0.3, -0.25) is 0 Å². The largest absolute Gasteiger partial charge is 0.497 e. The van der Waals surface area contributed by atoms with Gasteiger partial charge >= 0.3 is 0 Å². The van der Waals surface area contributed by atoms with Gasteiger partial charge in [0.1, 0.15) is 5.75 Å². The van der Waals surface area contributed by atoms with E-state index in [4.69, 9.17) is 25.6 Å². The van der Waals surface area contributed by atoms with Crippen molar-refractivity contribution in [3.8, 4) is 5.75 Å². The Morgan fingerprint density at radius 2 is 1.74 bits per heavy atom. The fourth-order valence-electron chi connectivity index (χ4n) is 2.68. The molecule has 0 aliphatic carbocycles. The Bertz CT molecular complexity index is 713. The predicted octanol–water partition coefficient (Wildman–Crippen LogP) is 4.44. The van der Waals surface area contributed by atoms with Crippen LogP contribution in [0.15, 0.2) is 54.6 Å². The van der Waals surface area contributed by atoms with Gasteiger partial charge in [-0.15, -0.1) is 0 Å². The van der Waals surface area contributed by atoms with E-state index in [0.29, 0.717) is 6.61 Å². The van der Waals surface area contributed by atoms with Crippen LogP contribution >= 0.6 is 6.49 Å². The second kappa shape index (κ2) is 6.37. The van der Waals surface area contributed by atoms with Crippen LogP contribution in [0.3, 0.4) is 0 Å². The molecule has 0 aromatic heterocycles. The zero-order valence-corrected chi connectivity index (χ0v) is 15.3. The molecule has 0 spiro atoms. The second-order valence-electron chi connectivity index (χ2n) is 6.35. The van der Waals surface area contributed by atoms with Gasteiger partial charge in [-0.05, 0) is 41.6 Å². The van der Waals surface area contributed by atoms with E-state index >= 15 is 0 Å². The summed E-state index contributed by atoms with van der Waals surface area (Å²) in [7, 11) is 1.65. The van der Waals surface area contributed by atoms with E-state index in [0.717, 1.165) is 16.6 Å². The lowest BCUT2D eigenvalue weighted by Crippen LogP contribution is -2.35. The van der Waals surface area contributed by atoms with Gasteiger partial charge in [-0.2, -0.15) is 0 Å². The Balaban J connectivity index is 1.94. The molecule has 23 heavy (non-hydrogen) atoms. The summed E-state index contributed by atoms with van der Waals surface area (Å²) in [5, 5.41) is 0.921. The molecule has 1 heterocycles. The molecule has 0 saturated carbocycles. The summed E-state index contributed by atoms with van der Waals surface area (Å²) in [6, 6.07) is 17.9. The van der Waals surface area contributed by atoms with Gasteiger partial charge in [-0.1, -0.05) is 44.2 Å². The average Bonchev–Trinajstić information content (AvgIpc) is 2.58. The van der Waals surface area contributed by atoms with Gasteiger partial charge in [0.05, 0.1) is 19.8 Å². The molecule has 0 amide bonds. The van der Waals surface area contributed by atoms with Crippen LogP contribution in [0.2, 0.25) is 0 Å². The fourth-order valence-corrected chi connectivity index (χ4v) is 5.49. The molecule has 1 saturated heterocycles. The molecule has 2 aromatic rings. The van der Waals surface area contributed by atoms with Gasteiger partial charge in [-0.25, -0.2) is 0 Å². The van der Waals surface area contributed by atoms with E-state index in [9.17, 15) is 0 Å². The smallest absolute Gasteiger partial charge is 0.220 e. The maximum atomic E-state index is 6.40. The maximum Gasteiger partial charge on any atom is 0.220 e. The third-order valence-corrected chi connectivity index (χ3v) is 7.15. The SMILES string of the molecule is COc1ccc(P2(=S)OCC(C)(C)C(c3ccccc3)O2)cc1. The summed E-state index contributed by atoms with van der Waals surface area (Å²) < 4.78 is 17.7. The van der Waals surface area contributed by atoms with Crippen molar-refractivity contribution in [1.82, 2.24) is 0 Å². The van der Waals surface area contributed by atoms with Crippen molar-refractivity contribution in [1.29, 1.82) is 0 Å². The third-order valence-electron chi connectivity index (χ3n) is 4.05. The van der Waals surface area contributed by atoms with Crippen LogP contribution in [0.5, 0.6) is 5.75 Å². The van der Waals surface area contributed by atoms with E-state index in [1.54, 1.807) is 7.11 Å². The molecule has 1 aliphatic heterocycles. The first-order valence-corrected chi connectivity index (χ1v) is 10.2. The molecule has 1 fully saturated rings. The Hall–Kier alpha value is -1.19. The number of benzene rings is 2. The van der Waals surface area contributed by atoms with E-state index in [1.807, 2.05) is 42.5 Å². The Morgan fingerprint density at radius 3 is 2.35 bits per heavy atom. The second-order valence-corrected chi connectivity index (χ2v) is 9.78. The van der Waals surface area contributed by atoms with Gasteiger partial charge in [0.25, 0.3) is 0 Å². The Morgan fingerprint density at radius 1 is 1.09 bits per heavy atom. The number of hydrogen-bond donors (Lipinski definition) is 0. The lowest BCUT2D eigenvalue weighted by molar-refractivity contribution is -0.00892. The molecule has 0 radical (unpaired) electrons. The zero-order valence-electron chi connectivity index (χ0n) is 13.6. The van der Waals surface area contributed by atoms with Crippen molar-refractivity contribution in [2.45, 2.75) is 20.0 Å². The van der Waals surface area contributed by atoms with Crippen molar-refractivity contribution >= 4 is 23.6 Å². The van der Waals surface area contributed by atoms with Crippen LogP contribution in [0.25, 0.3) is 0 Å². The number of ether oxygens (including phenoxy) is 1. The normalized spacial score (nSPS) is 26.7. The minimum atomic E-state index is -2.52. The van der Waals surface area contributed by atoms with Crippen LogP contribution in [0, 0.1) is 5.41 Å². The highest BCUT2D eigenvalue weighted by Gasteiger charge is 2.43. The Kier molecular flexibility index (Phi) is 4.61.